The van der Waals surface area contributed by atoms with Crippen LogP contribution in [-0.2, 0) is 4.79 Å². The molecule has 25 heavy (non-hydrogen) atoms. The van der Waals surface area contributed by atoms with Crippen molar-refractivity contribution >= 4 is 41.5 Å². The molecule has 9 heteroatoms. The minimum Gasteiger partial charge on any atom is -0.420 e. The van der Waals surface area contributed by atoms with Crippen LogP contribution in [0.1, 0.15) is 6.92 Å². The highest BCUT2D eigenvalue weighted by atomic mass is 35.5. The summed E-state index contributed by atoms with van der Waals surface area (Å²) in [5.74, 6) is 0.337. The summed E-state index contributed by atoms with van der Waals surface area (Å²) in [6.45, 7) is 5.58. The lowest BCUT2D eigenvalue weighted by molar-refractivity contribution is -0.112. The molecule has 1 aromatic carbocycles. The van der Waals surface area contributed by atoms with Gasteiger partial charge in [-0.15, -0.1) is 8.78 Å². The van der Waals surface area contributed by atoms with Crippen molar-refractivity contribution in [2.75, 3.05) is 18.1 Å². The Morgan fingerprint density at radius 3 is 2.64 bits per heavy atom. The lowest BCUT2D eigenvalue weighted by atomic mass is 10.2. The first kappa shape index (κ1) is 21.0. The standard InChI is InChI=1S/C16H18ClF2N3O2S/c1-4-12(10-20-11-22(3)25-5-2)15(23)21-13-6-8-14(9-7-13)24-16(17,18)19/h4,6-11H,1,5H2,2-3H3,(H,21,23)/b12-10+,20-11-. The number of benzene rings is 1. The number of nitrogens with one attached hydrogen (secondary N) is 1. The van der Waals surface area contributed by atoms with Crippen LogP contribution < -0.4 is 10.1 Å². The molecular weight excluding hydrogens is 372 g/mol. The maximum atomic E-state index is 12.5. The molecule has 5 nitrogen and oxygen atoms in total. The van der Waals surface area contributed by atoms with Crippen LogP contribution in [0.15, 0.2) is 53.7 Å². The number of aliphatic imine (C=N–C) groups is 1. The average molecular weight is 390 g/mol. The number of halogens is 3. The smallest absolute Gasteiger partial charge is 0.420 e. The second kappa shape index (κ2) is 10.0. The predicted molar refractivity (Wildman–Crippen MR) is 99.2 cm³/mol. The molecular formula is C16H18ClF2N3O2S. The van der Waals surface area contributed by atoms with Gasteiger partial charge in [-0.05, 0) is 36.2 Å². The number of hydrogen-bond acceptors (Lipinski definition) is 4. The fraction of sp³-hybridized carbons (Fsp3) is 0.250. The molecule has 0 saturated heterocycles. The van der Waals surface area contributed by atoms with Gasteiger partial charge in [0.05, 0.1) is 5.57 Å². The summed E-state index contributed by atoms with van der Waals surface area (Å²) in [5.41, 5.74) is -3.14. The van der Waals surface area contributed by atoms with Crippen LogP contribution in [0, 0.1) is 0 Å². The Kier molecular flexibility index (Phi) is 8.44. The largest absolute Gasteiger partial charge is 0.487 e. The van der Waals surface area contributed by atoms with Gasteiger partial charge < -0.3 is 14.4 Å². The maximum Gasteiger partial charge on any atom is 0.487 e. The summed E-state index contributed by atoms with van der Waals surface area (Å²) in [6.07, 6.45) is 4.31. The van der Waals surface area contributed by atoms with Gasteiger partial charge in [-0.25, -0.2) is 4.99 Å². The molecule has 0 aromatic heterocycles. The van der Waals surface area contributed by atoms with Gasteiger partial charge in [-0.3, -0.25) is 4.79 Å². The molecule has 0 aliphatic rings. The van der Waals surface area contributed by atoms with Crippen molar-refractivity contribution in [1.29, 1.82) is 0 Å². The van der Waals surface area contributed by atoms with Crippen LogP contribution in [-0.4, -0.2) is 34.9 Å². The number of hydrogen-bond donors (Lipinski definition) is 1. The van der Waals surface area contributed by atoms with Crippen molar-refractivity contribution < 1.29 is 18.3 Å². The summed E-state index contributed by atoms with van der Waals surface area (Å²) < 4.78 is 31.1. The molecule has 1 rings (SSSR count). The van der Waals surface area contributed by atoms with Gasteiger partial charge in [-0.1, -0.05) is 19.6 Å². The molecule has 0 spiro atoms. The molecule has 0 saturated carbocycles. The number of carbonyl (C=O) groups is 1. The van der Waals surface area contributed by atoms with Crippen LogP contribution in [0.2, 0.25) is 0 Å². The molecule has 1 N–H and O–H groups in total. The molecule has 0 atom stereocenters. The molecule has 0 heterocycles. The molecule has 136 valence electrons. The fourth-order valence-electron chi connectivity index (χ4n) is 1.59. The Bertz CT molecular complexity index is 646. The number of rotatable bonds is 9. The van der Waals surface area contributed by atoms with Gasteiger partial charge >= 0.3 is 5.57 Å². The third-order valence-electron chi connectivity index (χ3n) is 2.60. The summed E-state index contributed by atoms with van der Waals surface area (Å²) in [4.78, 5) is 16.2. The van der Waals surface area contributed by atoms with E-state index in [2.05, 4.69) is 33.2 Å². The van der Waals surface area contributed by atoms with Gasteiger partial charge in [0.1, 0.15) is 12.1 Å². The van der Waals surface area contributed by atoms with Gasteiger partial charge in [0, 0.05) is 36.3 Å². The molecule has 1 aromatic rings. The number of anilines is 1. The van der Waals surface area contributed by atoms with E-state index in [0.29, 0.717) is 5.69 Å². The topological polar surface area (TPSA) is 53.9 Å². The van der Waals surface area contributed by atoms with E-state index < -0.39 is 11.5 Å². The van der Waals surface area contributed by atoms with Crippen molar-refractivity contribution in [3.8, 4) is 5.75 Å². The third kappa shape index (κ3) is 8.55. The Morgan fingerprint density at radius 1 is 1.48 bits per heavy atom. The third-order valence-corrected chi connectivity index (χ3v) is 3.44. The van der Waals surface area contributed by atoms with Crippen molar-refractivity contribution in [3.63, 3.8) is 0 Å². The normalized spacial score (nSPS) is 12.1. The quantitative estimate of drug-likeness (QED) is 0.169. The fourth-order valence-corrected chi connectivity index (χ4v) is 2.21. The van der Waals surface area contributed by atoms with Gasteiger partial charge in [0.25, 0.3) is 5.91 Å². The summed E-state index contributed by atoms with van der Waals surface area (Å²) in [7, 11) is 1.84. The van der Waals surface area contributed by atoms with Gasteiger partial charge in [0.2, 0.25) is 0 Å². The Morgan fingerprint density at radius 2 is 2.12 bits per heavy atom. The molecule has 0 aliphatic heterocycles. The van der Waals surface area contributed by atoms with E-state index >= 15 is 0 Å². The van der Waals surface area contributed by atoms with E-state index in [1.807, 2.05) is 14.0 Å². The molecule has 0 unspecified atom stereocenters. The first-order valence-corrected chi connectivity index (χ1v) is 8.46. The molecule has 0 fully saturated rings. The van der Waals surface area contributed by atoms with Crippen molar-refractivity contribution in [1.82, 2.24) is 4.31 Å². The van der Waals surface area contributed by atoms with E-state index in [9.17, 15) is 13.6 Å². The van der Waals surface area contributed by atoms with Crippen LogP contribution in [0.25, 0.3) is 0 Å². The second-order valence-corrected chi connectivity index (χ2v) is 6.39. The van der Waals surface area contributed by atoms with Crippen LogP contribution in [0.3, 0.4) is 0 Å². The zero-order valence-corrected chi connectivity index (χ0v) is 15.3. The first-order chi connectivity index (χ1) is 11.7. The van der Waals surface area contributed by atoms with E-state index in [1.54, 1.807) is 22.6 Å². The van der Waals surface area contributed by atoms with E-state index in [4.69, 9.17) is 0 Å². The molecule has 0 bridgehead atoms. The lowest BCUT2D eigenvalue weighted by Crippen LogP contribution is -2.16. The first-order valence-electron chi connectivity index (χ1n) is 7.14. The van der Waals surface area contributed by atoms with E-state index in [-0.39, 0.29) is 11.3 Å². The molecule has 0 radical (unpaired) electrons. The summed E-state index contributed by atoms with van der Waals surface area (Å²) >= 11 is 6.24. The number of ether oxygens (including phenoxy) is 1. The predicted octanol–water partition coefficient (Wildman–Crippen LogP) is 4.49. The summed E-state index contributed by atoms with van der Waals surface area (Å²) in [5, 5.41) is 2.60. The van der Waals surface area contributed by atoms with Gasteiger partial charge in [-0.2, -0.15) is 0 Å². The van der Waals surface area contributed by atoms with Crippen molar-refractivity contribution in [3.05, 3.63) is 48.7 Å². The second-order valence-electron chi connectivity index (χ2n) is 4.54. The van der Waals surface area contributed by atoms with E-state index in [1.165, 1.54) is 36.5 Å². The van der Waals surface area contributed by atoms with Gasteiger partial charge in [0.15, 0.2) is 0 Å². The zero-order valence-electron chi connectivity index (χ0n) is 13.7. The molecule has 1 amide bonds. The van der Waals surface area contributed by atoms with Crippen LogP contribution >= 0.6 is 23.5 Å². The molecule has 0 aliphatic carbocycles. The highest BCUT2D eigenvalue weighted by Crippen LogP contribution is 2.26. The highest BCUT2D eigenvalue weighted by molar-refractivity contribution is 7.97. The average Bonchev–Trinajstić information content (AvgIpc) is 2.52. The Balaban J connectivity index is 2.70. The number of amides is 1. The number of nitrogens with zero attached hydrogens (tertiary/aromatic N) is 2. The Hall–Kier alpha value is -2.06. The minimum atomic E-state index is -3.79. The van der Waals surface area contributed by atoms with E-state index in [0.717, 1.165) is 5.75 Å². The zero-order chi connectivity index (χ0) is 18.9. The Labute approximate surface area is 154 Å². The van der Waals surface area contributed by atoms with Crippen molar-refractivity contribution in [2.45, 2.75) is 12.5 Å². The number of carbonyl (C=O) groups excluding carboxylic acids is 1. The highest BCUT2D eigenvalue weighted by Gasteiger charge is 2.27. The lowest BCUT2D eigenvalue weighted by Gasteiger charge is -2.11. The maximum absolute atomic E-state index is 12.5. The monoisotopic (exact) mass is 389 g/mol. The SMILES string of the molecule is C=C/C(=C\N=C/N(C)SCC)C(=O)Nc1ccc(OC(F)(F)Cl)cc1. The minimum absolute atomic E-state index is 0.126. The van der Waals surface area contributed by atoms with Crippen molar-refractivity contribution in [2.24, 2.45) is 4.99 Å². The van der Waals surface area contributed by atoms with Crippen LogP contribution in [0.5, 0.6) is 5.75 Å². The number of alkyl halides is 3. The van der Waals surface area contributed by atoms with Crippen LogP contribution in [0.4, 0.5) is 14.5 Å². The summed E-state index contributed by atoms with van der Waals surface area (Å²) in [6, 6.07) is 5.34.